The van der Waals surface area contributed by atoms with Gasteiger partial charge in [0.05, 0.1) is 0 Å². The predicted octanol–water partition coefficient (Wildman–Crippen LogP) is -0.986. The third-order valence-electron chi connectivity index (χ3n) is 1.29. The van der Waals surface area contributed by atoms with Crippen LogP contribution >= 0.6 is 0 Å². The van der Waals surface area contributed by atoms with Gasteiger partial charge in [0.15, 0.2) is 11.9 Å². The number of carbonyl (C=O) groups excluding carboxylic acids is 1. The highest BCUT2D eigenvalue weighted by Crippen LogP contribution is 1.97. The van der Waals surface area contributed by atoms with Gasteiger partial charge in [-0.2, -0.15) is 0 Å². The summed E-state index contributed by atoms with van der Waals surface area (Å²) < 4.78 is 0.688. The average molecular weight is 154 g/mol. The predicted molar refractivity (Wildman–Crippen MR) is 34.9 cm³/mol. The Bertz CT molecular complexity index is 298. The van der Waals surface area contributed by atoms with Crippen molar-refractivity contribution in [3.8, 4) is 0 Å². The van der Waals surface area contributed by atoms with Crippen LogP contribution in [0.25, 0.3) is 0 Å². The number of nitrogens with two attached hydrogens (primary N) is 1. The van der Waals surface area contributed by atoms with Gasteiger partial charge < -0.3 is 10.9 Å². The molecule has 1 heterocycles. The molecule has 0 spiro atoms. The summed E-state index contributed by atoms with van der Waals surface area (Å²) in [5.41, 5.74) is 5.70. The van der Waals surface area contributed by atoms with Gasteiger partial charge in [-0.25, -0.2) is 0 Å². The molecular weight excluding hydrogens is 146 g/mol. The molecule has 0 saturated heterocycles. The molecular formula is C6H8N3O2+. The fourth-order valence-electron chi connectivity index (χ4n) is 0.716. The van der Waals surface area contributed by atoms with E-state index in [1.807, 2.05) is 0 Å². The lowest BCUT2D eigenvalue weighted by molar-refractivity contribution is -0.906. The molecule has 0 bridgehead atoms. The van der Waals surface area contributed by atoms with E-state index in [-0.39, 0.29) is 5.56 Å². The van der Waals surface area contributed by atoms with E-state index in [1.165, 1.54) is 12.5 Å². The largest absolute Gasteiger partial charge is 0.365 e. The minimum atomic E-state index is -0.599. The first kappa shape index (κ1) is 7.46. The summed E-state index contributed by atoms with van der Waals surface area (Å²) in [6.45, 7) is 1.64. The molecule has 1 rings (SSSR count). The topological polar surface area (TPSA) is 80.1 Å². The van der Waals surface area contributed by atoms with Crippen molar-refractivity contribution in [2.45, 2.75) is 6.92 Å². The highest BCUT2D eigenvalue weighted by Gasteiger charge is 2.12. The summed E-state index contributed by atoms with van der Waals surface area (Å²) >= 11 is 0. The van der Waals surface area contributed by atoms with Gasteiger partial charge in [0.1, 0.15) is 5.56 Å². The van der Waals surface area contributed by atoms with E-state index in [1.54, 1.807) is 6.92 Å². The lowest BCUT2D eigenvalue weighted by Crippen LogP contribution is -2.32. The molecule has 0 unspecified atom stereocenters. The van der Waals surface area contributed by atoms with Crippen molar-refractivity contribution < 1.29 is 14.7 Å². The van der Waals surface area contributed by atoms with Crippen molar-refractivity contribution in [2.24, 2.45) is 5.73 Å². The zero-order chi connectivity index (χ0) is 8.43. The van der Waals surface area contributed by atoms with E-state index in [4.69, 9.17) is 10.9 Å². The van der Waals surface area contributed by atoms with Gasteiger partial charge in [-0.3, -0.25) is 4.79 Å². The van der Waals surface area contributed by atoms with Crippen LogP contribution in [0.4, 0.5) is 0 Å². The molecule has 0 aliphatic rings. The van der Waals surface area contributed by atoms with Crippen molar-refractivity contribution in [2.75, 3.05) is 0 Å². The van der Waals surface area contributed by atoms with Crippen LogP contribution in [0.2, 0.25) is 0 Å². The molecule has 0 saturated carbocycles. The van der Waals surface area contributed by atoms with Crippen molar-refractivity contribution in [3.05, 3.63) is 23.8 Å². The minimum Gasteiger partial charge on any atom is -0.365 e. The van der Waals surface area contributed by atoms with Gasteiger partial charge in [-0.1, -0.05) is 4.73 Å². The zero-order valence-corrected chi connectivity index (χ0v) is 5.98. The highest BCUT2D eigenvalue weighted by molar-refractivity contribution is 5.93. The zero-order valence-electron chi connectivity index (χ0n) is 5.98. The number of amides is 1. The molecule has 1 aromatic rings. The van der Waals surface area contributed by atoms with Gasteiger partial charge in [-0.05, 0) is 4.98 Å². The van der Waals surface area contributed by atoms with Crippen LogP contribution in [0.5, 0.6) is 0 Å². The number of aromatic nitrogens is 2. The molecule has 0 atom stereocenters. The fourth-order valence-corrected chi connectivity index (χ4v) is 0.716. The molecule has 58 valence electrons. The fraction of sp³-hybridized carbons (Fsp3) is 0.167. The molecule has 3 N–H and O–H groups in total. The van der Waals surface area contributed by atoms with E-state index < -0.39 is 5.91 Å². The molecule has 5 nitrogen and oxygen atoms in total. The van der Waals surface area contributed by atoms with Crippen molar-refractivity contribution in [1.82, 2.24) is 4.98 Å². The maximum atomic E-state index is 10.6. The minimum absolute atomic E-state index is 0.218. The number of aryl methyl sites for hydroxylation is 1. The Kier molecular flexibility index (Phi) is 1.72. The maximum absolute atomic E-state index is 10.6. The van der Waals surface area contributed by atoms with Gasteiger partial charge in [-0.15, -0.1) is 0 Å². The Hall–Kier alpha value is -1.65. The Morgan fingerprint density at radius 3 is 2.91 bits per heavy atom. The van der Waals surface area contributed by atoms with Crippen LogP contribution in [-0.2, 0) is 0 Å². The standard InChI is InChI=1S/C6H7N3O2/c1-4-5(6(7)10)2-9(11)3-8-4/h2-3H,1H3,(H2-,7,10,11)/p+1. The van der Waals surface area contributed by atoms with E-state index in [2.05, 4.69) is 4.98 Å². The summed E-state index contributed by atoms with van der Waals surface area (Å²) in [7, 11) is 0. The van der Waals surface area contributed by atoms with E-state index in [9.17, 15) is 4.79 Å². The van der Waals surface area contributed by atoms with Crippen LogP contribution in [0, 0.1) is 6.92 Å². The third-order valence-corrected chi connectivity index (χ3v) is 1.29. The van der Waals surface area contributed by atoms with Crippen molar-refractivity contribution in [1.29, 1.82) is 0 Å². The first-order valence-electron chi connectivity index (χ1n) is 2.98. The lowest BCUT2D eigenvalue weighted by atomic mass is 10.2. The molecule has 0 aliphatic heterocycles. The second-order valence-corrected chi connectivity index (χ2v) is 2.12. The molecule has 1 aromatic heterocycles. The summed E-state index contributed by atoms with van der Waals surface area (Å²) in [6, 6.07) is 0. The first-order valence-corrected chi connectivity index (χ1v) is 2.98. The number of carbonyl (C=O) groups is 1. The smallest absolute Gasteiger partial charge is 0.325 e. The van der Waals surface area contributed by atoms with Crippen LogP contribution in [0.3, 0.4) is 0 Å². The van der Waals surface area contributed by atoms with E-state index in [0.29, 0.717) is 10.4 Å². The van der Waals surface area contributed by atoms with Gasteiger partial charge in [0.25, 0.3) is 5.91 Å². The summed E-state index contributed by atoms with van der Waals surface area (Å²) in [4.78, 5) is 14.3. The van der Waals surface area contributed by atoms with Gasteiger partial charge in [0, 0.05) is 6.92 Å². The number of rotatable bonds is 1. The van der Waals surface area contributed by atoms with Crippen LogP contribution < -0.4 is 10.5 Å². The number of hydrogen-bond acceptors (Lipinski definition) is 3. The Morgan fingerprint density at radius 1 is 1.82 bits per heavy atom. The average Bonchev–Trinajstić information content (AvgIpc) is 1.94. The summed E-state index contributed by atoms with van der Waals surface area (Å²) in [6.07, 6.45) is 2.40. The normalized spacial score (nSPS) is 9.55. The van der Waals surface area contributed by atoms with Crippen molar-refractivity contribution in [3.63, 3.8) is 0 Å². The highest BCUT2D eigenvalue weighted by atomic mass is 16.5. The Labute approximate surface area is 63.1 Å². The second-order valence-electron chi connectivity index (χ2n) is 2.12. The molecule has 0 fully saturated rings. The molecule has 0 radical (unpaired) electrons. The van der Waals surface area contributed by atoms with Crippen LogP contribution in [0.15, 0.2) is 12.5 Å². The van der Waals surface area contributed by atoms with E-state index in [0.717, 1.165) is 0 Å². The quantitative estimate of drug-likeness (QED) is 0.402. The van der Waals surface area contributed by atoms with Gasteiger partial charge >= 0.3 is 6.33 Å². The first-order chi connectivity index (χ1) is 5.11. The van der Waals surface area contributed by atoms with Crippen LogP contribution in [0.1, 0.15) is 16.1 Å². The number of primary amides is 1. The lowest BCUT2D eigenvalue weighted by Gasteiger charge is -1.92. The molecule has 0 aliphatic carbocycles. The van der Waals surface area contributed by atoms with Crippen molar-refractivity contribution >= 4 is 5.91 Å². The second kappa shape index (κ2) is 2.53. The SMILES string of the molecule is Cc1nc[n+](O)cc1C(N)=O. The Morgan fingerprint density at radius 2 is 2.45 bits per heavy atom. The monoisotopic (exact) mass is 154 g/mol. The number of nitrogens with zero attached hydrogens (tertiary/aromatic N) is 2. The molecule has 1 amide bonds. The Balaban J connectivity index is 3.23. The van der Waals surface area contributed by atoms with Crippen LogP contribution in [-0.4, -0.2) is 16.1 Å². The molecule has 5 heteroatoms. The summed E-state index contributed by atoms with van der Waals surface area (Å²) in [5, 5.41) is 8.83. The molecule has 0 aromatic carbocycles. The van der Waals surface area contributed by atoms with E-state index >= 15 is 0 Å². The maximum Gasteiger partial charge on any atom is 0.325 e. The molecule has 11 heavy (non-hydrogen) atoms. The third kappa shape index (κ3) is 1.43. The van der Waals surface area contributed by atoms with Gasteiger partial charge in [0.2, 0.25) is 0 Å². The number of hydrogen-bond donors (Lipinski definition) is 2. The summed E-state index contributed by atoms with van der Waals surface area (Å²) in [5.74, 6) is -0.599.